The predicted octanol–water partition coefficient (Wildman–Crippen LogP) is 4.79. The topological polar surface area (TPSA) is 43.4 Å². The number of aryl methyl sites for hydroxylation is 1. The van der Waals surface area contributed by atoms with Crippen LogP contribution in [0, 0.1) is 6.92 Å². The third kappa shape index (κ3) is 4.78. The number of hydrogen-bond acceptors (Lipinski definition) is 4. The Hall–Kier alpha value is -1.95. The summed E-state index contributed by atoms with van der Waals surface area (Å²) in [5, 5.41) is 2.00. The second-order valence-corrected chi connectivity index (χ2v) is 8.55. The van der Waals surface area contributed by atoms with Crippen LogP contribution in [0.5, 0.6) is 0 Å². The van der Waals surface area contributed by atoms with Gasteiger partial charge in [-0.15, -0.1) is 11.3 Å². The van der Waals surface area contributed by atoms with Gasteiger partial charge in [-0.2, -0.15) is 8.42 Å². The summed E-state index contributed by atoms with van der Waals surface area (Å²) in [5.74, 6) is 0.00243. The fourth-order valence-corrected chi connectivity index (χ4v) is 4.37. The lowest BCUT2D eigenvalue weighted by Crippen LogP contribution is -2.15. The van der Waals surface area contributed by atoms with Crippen molar-refractivity contribution in [3.05, 3.63) is 88.1 Å². The normalized spacial score (nSPS) is 12.8. The van der Waals surface area contributed by atoms with E-state index >= 15 is 0 Å². The summed E-state index contributed by atoms with van der Waals surface area (Å²) < 4.78 is 30.3. The van der Waals surface area contributed by atoms with Crippen LogP contribution in [0.15, 0.2) is 77.0 Å². The number of thiophene rings is 1. The Bertz CT molecular complexity index is 884. The molecule has 0 saturated heterocycles. The summed E-state index contributed by atoms with van der Waals surface area (Å²) in [4.78, 5) is 1.32. The third-order valence-electron chi connectivity index (χ3n) is 4.00. The van der Waals surface area contributed by atoms with Gasteiger partial charge in [0.2, 0.25) is 0 Å². The molecule has 0 spiro atoms. The molecule has 3 rings (SSSR count). The molecule has 2 aromatic carbocycles. The van der Waals surface area contributed by atoms with Crippen molar-refractivity contribution < 1.29 is 12.6 Å². The lowest BCUT2D eigenvalue weighted by Gasteiger charge is -2.16. The molecule has 0 radical (unpaired) electrons. The average Bonchev–Trinajstić information content (AvgIpc) is 3.14. The molecular weight excluding hydrogens is 352 g/mol. The van der Waals surface area contributed by atoms with Crippen LogP contribution in [0.2, 0.25) is 0 Å². The van der Waals surface area contributed by atoms with Gasteiger partial charge in [0.25, 0.3) is 10.1 Å². The summed E-state index contributed by atoms with van der Waals surface area (Å²) in [7, 11) is -3.75. The lowest BCUT2D eigenvalue weighted by atomic mass is 9.99. The number of hydrogen-bond donors (Lipinski definition) is 0. The number of benzene rings is 2. The molecule has 130 valence electrons. The molecule has 3 nitrogen and oxygen atoms in total. The summed E-state index contributed by atoms with van der Waals surface area (Å²) in [6.45, 7) is 2.05. The van der Waals surface area contributed by atoms with Crippen LogP contribution in [0.25, 0.3) is 0 Å². The van der Waals surface area contributed by atoms with Gasteiger partial charge in [0.05, 0.1) is 11.5 Å². The Morgan fingerprint density at radius 2 is 1.68 bits per heavy atom. The highest BCUT2D eigenvalue weighted by Gasteiger charge is 2.20. The van der Waals surface area contributed by atoms with E-state index in [0.717, 1.165) is 22.4 Å². The summed E-state index contributed by atoms with van der Waals surface area (Å²) in [6, 6.07) is 20.8. The molecule has 0 N–H and O–H groups in total. The highest BCUT2D eigenvalue weighted by atomic mass is 32.2. The SMILES string of the molecule is Cc1ccc(S(=O)(=O)OC[C@@H](Cc2ccccc2)c2cccs2)cc1. The summed E-state index contributed by atoms with van der Waals surface area (Å²) >= 11 is 1.62. The van der Waals surface area contributed by atoms with Crippen LogP contribution in [0.1, 0.15) is 21.9 Å². The summed E-state index contributed by atoms with van der Waals surface area (Å²) in [6.07, 6.45) is 0.741. The quantitative estimate of drug-likeness (QED) is 0.560. The van der Waals surface area contributed by atoms with E-state index in [1.54, 1.807) is 35.6 Å². The standard InChI is InChI=1S/C20H20O3S2/c1-16-9-11-19(12-10-16)25(21,22)23-15-18(20-8-5-13-24-20)14-17-6-3-2-4-7-17/h2-13,18H,14-15H2,1H3/t18-/m1/s1. The molecule has 0 bridgehead atoms. The van der Waals surface area contributed by atoms with Crippen LogP contribution in [0.3, 0.4) is 0 Å². The predicted molar refractivity (Wildman–Crippen MR) is 102 cm³/mol. The van der Waals surface area contributed by atoms with E-state index in [2.05, 4.69) is 12.1 Å². The molecule has 0 aliphatic rings. The molecule has 0 saturated carbocycles. The third-order valence-corrected chi connectivity index (χ3v) is 6.34. The first-order valence-electron chi connectivity index (χ1n) is 8.08. The molecule has 0 fully saturated rings. The maximum absolute atomic E-state index is 12.5. The van der Waals surface area contributed by atoms with E-state index in [1.165, 1.54) is 0 Å². The van der Waals surface area contributed by atoms with Crippen molar-refractivity contribution in [3.63, 3.8) is 0 Å². The minimum Gasteiger partial charge on any atom is -0.266 e. The van der Waals surface area contributed by atoms with Crippen molar-refractivity contribution >= 4 is 21.5 Å². The van der Waals surface area contributed by atoms with E-state index < -0.39 is 10.1 Å². The minimum atomic E-state index is -3.75. The zero-order valence-corrected chi connectivity index (χ0v) is 15.6. The van der Waals surface area contributed by atoms with Gasteiger partial charge in [0.15, 0.2) is 0 Å². The highest BCUT2D eigenvalue weighted by Crippen LogP contribution is 2.27. The molecule has 3 aromatic rings. The minimum absolute atomic E-state index is 0.00243. The Morgan fingerprint density at radius 3 is 2.32 bits per heavy atom. The monoisotopic (exact) mass is 372 g/mol. The van der Waals surface area contributed by atoms with E-state index in [9.17, 15) is 8.42 Å². The highest BCUT2D eigenvalue weighted by molar-refractivity contribution is 7.86. The molecule has 1 heterocycles. The van der Waals surface area contributed by atoms with Crippen LogP contribution in [-0.2, 0) is 20.7 Å². The van der Waals surface area contributed by atoms with E-state index in [0.29, 0.717) is 0 Å². The van der Waals surface area contributed by atoms with Crippen molar-refractivity contribution in [2.24, 2.45) is 0 Å². The van der Waals surface area contributed by atoms with Gasteiger partial charge in [-0.1, -0.05) is 54.1 Å². The zero-order chi connectivity index (χ0) is 17.7. The van der Waals surface area contributed by atoms with Crippen molar-refractivity contribution in [1.29, 1.82) is 0 Å². The van der Waals surface area contributed by atoms with Gasteiger partial charge in [-0.05, 0) is 42.5 Å². The molecule has 25 heavy (non-hydrogen) atoms. The lowest BCUT2D eigenvalue weighted by molar-refractivity contribution is 0.292. The smallest absolute Gasteiger partial charge is 0.266 e. The van der Waals surface area contributed by atoms with Gasteiger partial charge in [-0.3, -0.25) is 4.18 Å². The van der Waals surface area contributed by atoms with Crippen molar-refractivity contribution in [2.75, 3.05) is 6.61 Å². The van der Waals surface area contributed by atoms with Gasteiger partial charge in [0, 0.05) is 10.8 Å². The molecule has 0 amide bonds. The summed E-state index contributed by atoms with van der Waals surface area (Å²) in [5.41, 5.74) is 2.18. The van der Waals surface area contributed by atoms with Gasteiger partial charge in [0.1, 0.15) is 0 Å². The first-order valence-corrected chi connectivity index (χ1v) is 10.4. The Morgan fingerprint density at radius 1 is 0.960 bits per heavy atom. The second kappa shape index (κ2) is 7.95. The van der Waals surface area contributed by atoms with Crippen molar-refractivity contribution in [3.8, 4) is 0 Å². The van der Waals surface area contributed by atoms with Crippen molar-refractivity contribution in [2.45, 2.75) is 24.2 Å². The molecule has 0 unspecified atom stereocenters. The fourth-order valence-electron chi connectivity index (χ4n) is 2.61. The maximum Gasteiger partial charge on any atom is 0.296 e. The van der Waals surface area contributed by atoms with Gasteiger partial charge >= 0.3 is 0 Å². The van der Waals surface area contributed by atoms with Crippen LogP contribution < -0.4 is 0 Å². The van der Waals surface area contributed by atoms with E-state index in [-0.39, 0.29) is 17.4 Å². The Kier molecular flexibility index (Phi) is 5.68. The van der Waals surface area contributed by atoms with E-state index in [1.807, 2.05) is 42.6 Å². The molecule has 0 aliphatic carbocycles. The Balaban J connectivity index is 1.75. The first kappa shape index (κ1) is 17.9. The van der Waals surface area contributed by atoms with Crippen LogP contribution in [-0.4, -0.2) is 15.0 Å². The molecule has 0 aliphatic heterocycles. The Labute approximate surface area is 153 Å². The molecule has 1 aromatic heterocycles. The maximum atomic E-state index is 12.5. The van der Waals surface area contributed by atoms with Crippen molar-refractivity contribution in [1.82, 2.24) is 0 Å². The average molecular weight is 373 g/mol. The largest absolute Gasteiger partial charge is 0.296 e. The van der Waals surface area contributed by atoms with Gasteiger partial charge in [-0.25, -0.2) is 0 Å². The first-order chi connectivity index (χ1) is 12.0. The molecule has 5 heteroatoms. The second-order valence-electron chi connectivity index (χ2n) is 5.95. The zero-order valence-electron chi connectivity index (χ0n) is 14.0. The fraction of sp³-hybridized carbons (Fsp3) is 0.200. The van der Waals surface area contributed by atoms with E-state index in [4.69, 9.17) is 4.18 Å². The number of rotatable bonds is 7. The van der Waals surface area contributed by atoms with Crippen LogP contribution in [0.4, 0.5) is 0 Å². The van der Waals surface area contributed by atoms with Gasteiger partial charge < -0.3 is 0 Å². The molecule has 1 atom stereocenters. The van der Waals surface area contributed by atoms with Crippen LogP contribution >= 0.6 is 11.3 Å². The molecular formula is C20H20O3S2.